The maximum atomic E-state index is 10.6. The Bertz CT molecular complexity index is 95.7. The van der Waals surface area contributed by atoms with Crippen LogP contribution in [0.4, 0.5) is 4.79 Å². The molecule has 0 aliphatic heterocycles. The molecule has 0 heterocycles. The number of urea groups is 1. The van der Waals surface area contributed by atoms with Gasteiger partial charge in [-0.2, -0.15) is 0 Å². The Kier molecular flexibility index (Phi) is 5.86. The molecule has 0 aromatic heterocycles. The van der Waals surface area contributed by atoms with Gasteiger partial charge in [-0.3, -0.25) is 4.84 Å². The lowest BCUT2D eigenvalue weighted by molar-refractivity contribution is 0.107. The van der Waals surface area contributed by atoms with E-state index < -0.39 is 0 Å². The second-order valence-electron chi connectivity index (χ2n) is 1.92. The molecular weight excluding hydrogens is 132 g/mol. The molecule has 0 radical (unpaired) electrons. The molecular formula is C6H14N2O2. The van der Waals surface area contributed by atoms with E-state index >= 15 is 0 Å². The lowest BCUT2D eigenvalue weighted by Crippen LogP contribution is -2.35. The highest BCUT2D eigenvalue weighted by atomic mass is 16.6. The fraction of sp³-hybridized carbons (Fsp3) is 0.833. The highest BCUT2D eigenvalue weighted by Gasteiger charge is 1.94. The average molecular weight is 146 g/mol. The molecule has 4 heteroatoms. The molecule has 0 aliphatic rings. The number of hydroxylamine groups is 1. The summed E-state index contributed by atoms with van der Waals surface area (Å²) in [6.07, 6.45) is 2.07. The number of hydrogen-bond acceptors (Lipinski definition) is 2. The zero-order valence-electron chi connectivity index (χ0n) is 6.44. The van der Waals surface area contributed by atoms with E-state index in [0.717, 1.165) is 12.8 Å². The number of carbonyl (C=O) groups is 1. The van der Waals surface area contributed by atoms with Gasteiger partial charge in [0.2, 0.25) is 0 Å². The summed E-state index contributed by atoms with van der Waals surface area (Å²) in [4.78, 5) is 14.9. The van der Waals surface area contributed by atoms with E-state index in [-0.39, 0.29) is 6.03 Å². The predicted molar refractivity (Wildman–Crippen MR) is 38.5 cm³/mol. The van der Waals surface area contributed by atoms with E-state index in [1.807, 2.05) is 0 Å². The minimum absolute atomic E-state index is 0.282. The maximum absolute atomic E-state index is 10.6. The zero-order chi connectivity index (χ0) is 7.82. The number of nitrogens with one attached hydrogen (secondary N) is 2. The monoisotopic (exact) mass is 146 g/mol. The lowest BCUT2D eigenvalue weighted by Gasteiger charge is -2.02. The Labute approximate surface area is 60.9 Å². The highest BCUT2D eigenvalue weighted by molar-refractivity contribution is 5.72. The van der Waals surface area contributed by atoms with Gasteiger partial charge in [-0.05, 0) is 6.42 Å². The number of amides is 2. The standard InChI is InChI=1S/C6H14N2O2/c1-3-4-5-7-6(9)8-10-2/h3-5H2,1-2H3,(H2,7,8,9). The summed E-state index contributed by atoms with van der Waals surface area (Å²) in [7, 11) is 1.40. The molecule has 10 heavy (non-hydrogen) atoms. The minimum atomic E-state index is -0.282. The maximum Gasteiger partial charge on any atom is 0.338 e. The summed E-state index contributed by atoms with van der Waals surface area (Å²) >= 11 is 0. The van der Waals surface area contributed by atoms with Crippen molar-refractivity contribution < 1.29 is 9.63 Å². The predicted octanol–water partition coefficient (Wildman–Crippen LogP) is 0.647. The van der Waals surface area contributed by atoms with Crippen LogP contribution in [0.5, 0.6) is 0 Å². The molecule has 4 nitrogen and oxygen atoms in total. The van der Waals surface area contributed by atoms with Crippen LogP contribution in [-0.2, 0) is 4.84 Å². The first-order chi connectivity index (χ1) is 4.81. The van der Waals surface area contributed by atoms with Crippen molar-refractivity contribution >= 4 is 6.03 Å². The molecule has 0 spiro atoms. The summed E-state index contributed by atoms with van der Waals surface area (Å²) in [5.74, 6) is 0. The van der Waals surface area contributed by atoms with E-state index in [4.69, 9.17) is 0 Å². The van der Waals surface area contributed by atoms with E-state index in [1.165, 1.54) is 7.11 Å². The molecule has 0 unspecified atom stereocenters. The summed E-state index contributed by atoms with van der Waals surface area (Å²) in [6.45, 7) is 2.77. The first kappa shape index (κ1) is 9.23. The third-order valence-electron chi connectivity index (χ3n) is 1.01. The van der Waals surface area contributed by atoms with Gasteiger partial charge >= 0.3 is 6.03 Å². The van der Waals surface area contributed by atoms with Crippen molar-refractivity contribution in [3.05, 3.63) is 0 Å². The van der Waals surface area contributed by atoms with Crippen LogP contribution in [0.25, 0.3) is 0 Å². The van der Waals surface area contributed by atoms with Crippen molar-refractivity contribution in [1.82, 2.24) is 10.8 Å². The Morgan fingerprint density at radius 1 is 1.60 bits per heavy atom. The van der Waals surface area contributed by atoms with Gasteiger partial charge < -0.3 is 5.32 Å². The summed E-state index contributed by atoms with van der Waals surface area (Å²) in [6, 6.07) is -0.282. The Hall–Kier alpha value is -0.770. The van der Waals surface area contributed by atoms with Crippen LogP contribution in [-0.4, -0.2) is 19.7 Å². The SMILES string of the molecule is CCCCNC(=O)NOC. The largest absolute Gasteiger partial charge is 0.338 e. The topological polar surface area (TPSA) is 50.4 Å². The number of unbranched alkanes of at least 4 members (excludes halogenated alkanes) is 1. The molecule has 0 fully saturated rings. The van der Waals surface area contributed by atoms with E-state index in [1.54, 1.807) is 0 Å². The van der Waals surface area contributed by atoms with E-state index in [9.17, 15) is 4.79 Å². The van der Waals surface area contributed by atoms with Crippen LogP contribution in [0.1, 0.15) is 19.8 Å². The highest BCUT2D eigenvalue weighted by Crippen LogP contribution is 1.81. The minimum Gasteiger partial charge on any atom is -0.336 e. The van der Waals surface area contributed by atoms with Crippen LogP contribution < -0.4 is 10.8 Å². The fourth-order valence-electron chi connectivity index (χ4n) is 0.507. The Morgan fingerprint density at radius 3 is 2.80 bits per heavy atom. The zero-order valence-corrected chi connectivity index (χ0v) is 6.44. The van der Waals surface area contributed by atoms with Crippen LogP contribution in [0.15, 0.2) is 0 Å². The quantitative estimate of drug-likeness (QED) is 0.452. The van der Waals surface area contributed by atoms with Gasteiger partial charge in [0.05, 0.1) is 7.11 Å². The second-order valence-corrected chi connectivity index (χ2v) is 1.92. The lowest BCUT2D eigenvalue weighted by atomic mass is 10.3. The van der Waals surface area contributed by atoms with Crippen LogP contribution in [0, 0.1) is 0 Å². The molecule has 2 amide bonds. The van der Waals surface area contributed by atoms with Crippen LogP contribution >= 0.6 is 0 Å². The normalized spacial score (nSPS) is 9.00. The molecule has 0 aromatic rings. The summed E-state index contributed by atoms with van der Waals surface area (Å²) in [5, 5.41) is 2.61. The summed E-state index contributed by atoms with van der Waals surface area (Å²) in [5.41, 5.74) is 2.15. The van der Waals surface area contributed by atoms with Crippen molar-refractivity contribution in [3.63, 3.8) is 0 Å². The third-order valence-corrected chi connectivity index (χ3v) is 1.01. The Balaban J connectivity index is 3.05. The van der Waals surface area contributed by atoms with Crippen LogP contribution in [0.3, 0.4) is 0 Å². The molecule has 0 saturated carbocycles. The number of hydrogen-bond donors (Lipinski definition) is 2. The van der Waals surface area contributed by atoms with Crippen molar-refractivity contribution in [1.29, 1.82) is 0 Å². The van der Waals surface area contributed by atoms with Crippen molar-refractivity contribution in [3.8, 4) is 0 Å². The summed E-state index contributed by atoms with van der Waals surface area (Å²) < 4.78 is 0. The third kappa shape index (κ3) is 5.37. The molecule has 0 atom stereocenters. The molecule has 0 saturated heterocycles. The first-order valence-electron chi connectivity index (χ1n) is 3.38. The molecule has 0 aliphatic carbocycles. The number of carbonyl (C=O) groups excluding carboxylic acids is 1. The van der Waals surface area contributed by atoms with Gasteiger partial charge in [0.25, 0.3) is 0 Å². The van der Waals surface area contributed by atoms with Crippen molar-refractivity contribution in [2.24, 2.45) is 0 Å². The van der Waals surface area contributed by atoms with E-state index in [2.05, 4.69) is 22.6 Å². The van der Waals surface area contributed by atoms with Gasteiger partial charge in [0.15, 0.2) is 0 Å². The fourth-order valence-corrected chi connectivity index (χ4v) is 0.507. The van der Waals surface area contributed by atoms with Gasteiger partial charge in [-0.1, -0.05) is 13.3 Å². The van der Waals surface area contributed by atoms with Crippen molar-refractivity contribution in [2.45, 2.75) is 19.8 Å². The molecule has 0 rings (SSSR count). The van der Waals surface area contributed by atoms with Crippen molar-refractivity contribution in [2.75, 3.05) is 13.7 Å². The molecule has 0 aromatic carbocycles. The van der Waals surface area contributed by atoms with E-state index in [0.29, 0.717) is 6.54 Å². The smallest absolute Gasteiger partial charge is 0.336 e. The van der Waals surface area contributed by atoms with Crippen LogP contribution in [0.2, 0.25) is 0 Å². The molecule has 0 bridgehead atoms. The Morgan fingerprint density at radius 2 is 2.30 bits per heavy atom. The average Bonchev–Trinajstić information content (AvgIpc) is 1.89. The van der Waals surface area contributed by atoms with Gasteiger partial charge in [-0.15, -0.1) is 0 Å². The first-order valence-corrected chi connectivity index (χ1v) is 3.38. The number of rotatable bonds is 4. The molecule has 60 valence electrons. The second kappa shape index (κ2) is 6.35. The molecule has 2 N–H and O–H groups in total. The van der Waals surface area contributed by atoms with Gasteiger partial charge in [0.1, 0.15) is 0 Å². The van der Waals surface area contributed by atoms with Gasteiger partial charge in [-0.25, -0.2) is 10.3 Å². The van der Waals surface area contributed by atoms with Gasteiger partial charge in [0, 0.05) is 6.54 Å².